The average Bonchev–Trinajstić information content (AvgIpc) is 3.70. The number of aromatic nitrogens is 2. The third kappa shape index (κ3) is 29.1. The maximum Gasteiger partial charge on any atom is 0.229 e. The molecule has 4 rings (SSSR count). The van der Waals surface area contributed by atoms with Crippen LogP contribution in [-0.4, -0.2) is 144 Å². The van der Waals surface area contributed by atoms with Gasteiger partial charge in [-0.15, -0.1) is 0 Å². The van der Waals surface area contributed by atoms with Crippen LogP contribution < -0.4 is 42.8 Å². The van der Waals surface area contributed by atoms with Gasteiger partial charge in [-0.2, -0.15) is 4.98 Å². The molecule has 1 aliphatic rings. The Bertz CT molecular complexity index is 2640. The fraction of sp³-hybridized carbons (Fsp3) is 0.609. The monoisotopic (exact) mass is 1270 g/mol. The number of nitrogens with two attached hydrogens (primary N) is 2. The van der Waals surface area contributed by atoms with Crippen LogP contribution in [0, 0.1) is 23.7 Å². The van der Waals surface area contributed by atoms with Gasteiger partial charge in [0.25, 0.3) is 0 Å². The molecule has 4 atom stereocenters. The van der Waals surface area contributed by atoms with Crippen molar-refractivity contribution in [2.24, 2.45) is 40.1 Å². The minimum atomic E-state index is -1.19. The van der Waals surface area contributed by atoms with Crippen molar-refractivity contribution >= 4 is 86.1 Å². The number of hydrogen-bond donors (Lipinski definition) is 8. The Morgan fingerprint density at radius 2 is 1.49 bits per heavy atom. The number of unbranched alkanes of at least 4 members (excludes halogenated alkanes) is 6. The Balaban J connectivity index is 1.15. The van der Waals surface area contributed by atoms with Crippen molar-refractivity contribution in [1.29, 1.82) is 0 Å². The largest absolute Gasteiger partial charge is 0.492 e. The summed E-state index contributed by atoms with van der Waals surface area (Å²) in [5, 5.41) is 25.3. The number of Topliss-reactive ketones (excluding diaryl/α,β-unsaturated/α-hetero) is 4. The third-order valence-electron chi connectivity index (χ3n) is 15.2. The van der Waals surface area contributed by atoms with E-state index in [2.05, 4.69) is 64.4 Å². The van der Waals surface area contributed by atoms with E-state index in [-0.39, 0.29) is 112 Å². The number of nitrogens with one attached hydrogen (secondary N) is 5. The first kappa shape index (κ1) is 72.6. The normalized spacial score (nSPS) is 13.5. The summed E-state index contributed by atoms with van der Waals surface area (Å²) < 4.78 is 12.1. The van der Waals surface area contributed by atoms with Gasteiger partial charge in [0.05, 0.1) is 35.6 Å². The fourth-order valence-electron chi connectivity index (χ4n) is 9.82. The number of rotatable bonds is 47. The summed E-state index contributed by atoms with van der Waals surface area (Å²) in [4.78, 5) is 121. The topological polar surface area (TPSA) is 329 Å². The maximum atomic E-state index is 13.9. The van der Waals surface area contributed by atoms with Gasteiger partial charge in [0.1, 0.15) is 30.6 Å². The molecule has 87 heavy (non-hydrogen) atoms. The van der Waals surface area contributed by atoms with Crippen LogP contribution in [0.25, 0.3) is 0 Å². The number of carbonyl (C=O) groups is 8. The number of ketones is 4. The highest BCUT2D eigenvalue weighted by Crippen LogP contribution is 2.28. The van der Waals surface area contributed by atoms with Crippen molar-refractivity contribution in [3.8, 4) is 5.75 Å². The molecule has 1 heterocycles. The zero-order valence-corrected chi connectivity index (χ0v) is 53.2. The number of aliphatic hydroxyl groups is 1. The Labute approximate surface area is 522 Å². The predicted octanol–water partition coefficient (Wildman–Crippen LogP) is 7.46. The highest BCUT2D eigenvalue weighted by atomic mass is 79.9. The highest BCUT2D eigenvalue weighted by Gasteiger charge is 2.33. The van der Waals surface area contributed by atoms with Crippen LogP contribution in [0.2, 0.25) is 0 Å². The van der Waals surface area contributed by atoms with E-state index in [9.17, 15) is 43.5 Å². The van der Waals surface area contributed by atoms with Crippen molar-refractivity contribution in [3.63, 3.8) is 0 Å². The van der Waals surface area contributed by atoms with E-state index in [1.54, 1.807) is 32.2 Å². The molecule has 1 aromatic heterocycles. The second-order valence-electron chi connectivity index (χ2n) is 22.9. The van der Waals surface area contributed by atoms with Gasteiger partial charge in [0, 0.05) is 95.5 Å². The van der Waals surface area contributed by atoms with Crippen LogP contribution in [0.4, 0.5) is 17.5 Å². The number of anilines is 3. The van der Waals surface area contributed by atoms with E-state index in [4.69, 9.17) is 20.9 Å². The third-order valence-corrected chi connectivity index (χ3v) is 15.8. The second kappa shape index (κ2) is 41.3. The van der Waals surface area contributed by atoms with Gasteiger partial charge in [0.15, 0.2) is 23.3 Å². The quantitative estimate of drug-likeness (QED) is 0.0154. The first-order valence-electron chi connectivity index (χ1n) is 31.1. The van der Waals surface area contributed by atoms with Crippen LogP contribution in [0.15, 0.2) is 70.3 Å². The summed E-state index contributed by atoms with van der Waals surface area (Å²) in [5.41, 5.74) is 12.6. The van der Waals surface area contributed by atoms with Gasteiger partial charge in [-0.3, -0.25) is 43.3 Å². The lowest BCUT2D eigenvalue weighted by atomic mass is 9.84. The van der Waals surface area contributed by atoms with E-state index >= 15 is 0 Å². The SMILES string of the molecule is CCCCCCCCCC(=O)[C@H](Cc1ccccc1)NC(=O)[C@H](CO)CC(=O)[C@@H](NC(=O)[C@H](CCCN=C(N)N)CC(=O)COCCCC(=O)CCC(=O)NCCOc1ccc(Nc2ncc(Br)c(NCCCN(C)C(=O)C3CCC3)n2)cc1)C(C)C. The molecule has 4 amide bonds. The minimum Gasteiger partial charge on any atom is -0.492 e. The molecule has 0 bridgehead atoms. The van der Waals surface area contributed by atoms with Gasteiger partial charge in [-0.05, 0) is 103 Å². The molecule has 0 aliphatic heterocycles. The number of carbonyl (C=O) groups excluding carboxylic acids is 8. The van der Waals surface area contributed by atoms with Crippen molar-refractivity contribution in [1.82, 2.24) is 30.8 Å². The van der Waals surface area contributed by atoms with Gasteiger partial charge in [-0.25, -0.2) is 4.98 Å². The molecule has 2 aromatic carbocycles. The van der Waals surface area contributed by atoms with Crippen LogP contribution >= 0.6 is 15.9 Å². The summed E-state index contributed by atoms with van der Waals surface area (Å²) in [6, 6.07) is 14.6. The number of halogens is 1. The lowest BCUT2D eigenvalue weighted by molar-refractivity contribution is -0.136. The molecule has 0 saturated heterocycles. The van der Waals surface area contributed by atoms with Crippen LogP contribution in [0.5, 0.6) is 5.75 Å². The van der Waals surface area contributed by atoms with Gasteiger partial charge >= 0.3 is 0 Å². The summed E-state index contributed by atoms with van der Waals surface area (Å²) in [5.74, 6) is -3.25. The van der Waals surface area contributed by atoms with Crippen LogP contribution in [0.1, 0.15) is 155 Å². The number of hydrogen-bond acceptors (Lipinski definition) is 16. The number of aliphatic imine (C=N–C) groups is 1. The zero-order valence-electron chi connectivity index (χ0n) is 51.6. The molecule has 0 unspecified atom stereocenters. The lowest BCUT2D eigenvalue weighted by Crippen LogP contribution is -2.50. The van der Waals surface area contributed by atoms with Gasteiger partial charge in [-0.1, -0.05) is 96.0 Å². The Morgan fingerprint density at radius 3 is 2.17 bits per heavy atom. The zero-order chi connectivity index (χ0) is 63.3. The summed E-state index contributed by atoms with van der Waals surface area (Å²) in [6.45, 7) is 6.66. The summed E-state index contributed by atoms with van der Waals surface area (Å²) in [7, 11) is 1.85. The van der Waals surface area contributed by atoms with Gasteiger partial charge < -0.3 is 57.5 Å². The van der Waals surface area contributed by atoms with E-state index < -0.39 is 60.5 Å². The molecule has 480 valence electrons. The highest BCUT2D eigenvalue weighted by molar-refractivity contribution is 9.10. The number of ether oxygens (including phenoxy) is 2. The number of benzene rings is 2. The van der Waals surface area contributed by atoms with Crippen molar-refractivity contribution in [3.05, 3.63) is 70.8 Å². The van der Waals surface area contributed by atoms with Crippen molar-refractivity contribution in [2.45, 2.75) is 168 Å². The number of nitrogens with zero attached hydrogens (tertiary/aromatic N) is 4. The molecular weight excluding hydrogens is 1180 g/mol. The smallest absolute Gasteiger partial charge is 0.229 e. The van der Waals surface area contributed by atoms with E-state index in [1.165, 1.54) is 6.42 Å². The van der Waals surface area contributed by atoms with Crippen molar-refractivity contribution < 1.29 is 52.9 Å². The fourth-order valence-corrected chi connectivity index (χ4v) is 10.2. The standard InChI is InChI=1S/C64H96BrN11O11/c1-5-6-7-8-9-10-14-25-55(80)54(38-45-19-12-11-13-20-45)73-61(84)48(42-77)40-56(81)58(44(2)3)74-60(83)47(23-16-32-70-63(66)67)39-51(79)43-86-36-17-24-50(78)28-31-57(82)68-34-37-87-52-29-26-49(27-30-52)72-64-71-41-53(65)59(75-64)69-33-18-35-76(4)62(85)46-21-15-22-46/h11-13,19-20,26-27,29-30,41,44,46-48,54,58,77H,5-10,14-18,21-25,28,31-40,42-43H2,1-4H3,(H,68,82)(H,73,84)(H,74,83)(H4,66,67,70)(H2,69,71,72,75)/t47-,48+,54+,58+/m1/s1. The number of amides is 4. The first-order valence-corrected chi connectivity index (χ1v) is 31.9. The number of aliphatic hydroxyl groups excluding tert-OH is 1. The second-order valence-corrected chi connectivity index (χ2v) is 23.7. The first-order chi connectivity index (χ1) is 41.9. The molecule has 0 radical (unpaired) electrons. The molecule has 22 nitrogen and oxygen atoms in total. The van der Waals surface area contributed by atoms with E-state index in [0.717, 1.165) is 69.0 Å². The maximum absolute atomic E-state index is 13.9. The Kier molecular flexibility index (Phi) is 34.5. The Hall–Kier alpha value is -6.85. The van der Waals surface area contributed by atoms with Gasteiger partial charge in [0.2, 0.25) is 29.6 Å². The number of guanidine groups is 1. The van der Waals surface area contributed by atoms with Crippen LogP contribution in [-0.2, 0) is 49.5 Å². The van der Waals surface area contributed by atoms with E-state index in [0.29, 0.717) is 60.8 Å². The molecule has 3 aromatic rings. The molecule has 23 heteroatoms. The molecule has 1 aliphatic carbocycles. The van der Waals surface area contributed by atoms with E-state index in [1.807, 2.05) is 54.4 Å². The molecule has 1 saturated carbocycles. The molecule has 10 N–H and O–H groups in total. The van der Waals surface area contributed by atoms with Crippen molar-refractivity contribution in [2.75, 3.05) is 70.3 Å². The molecule has 0 spiro atoms. The molecular formula is C64H96BrN11O11. The average molecular weight is 1280 g/mol. The Morgan fingerprint density at radius 1 is 0.782 bits per heavy atom. The molecule has 1 fully saturated rings. The predicted molar refractivity (Wildman–Crippen MR) is 340 cm³/mol. The summed E-state index contributed by atoms with van der Waals surface area (Å²) in [6.07, 6.45) is 13.7. The van der Waals surface area contributed by atoms with Crippen LogP contribution in [0.3, 0.4) is 0 Å². The minimum absolute atomic E-state index is 0.00287. The summed E-state index contributed by atoms with van der Waals surface area (Å²) >= 11 is 3.50. The lowest BCUT2D eigenvalue weighted by Gasteiger charge is -2.29.